The van der Waals surface area contributed by atoms with E-state index in [0.29, 0.717) is 11.7 Å². The van der Waals surface area contributed by atoms with E-state index in [1.807, 2.05) is 0 Å². The highest BCUT2D eigenvalue weighted by Crippen LogP contribution is 2.31. The van der Waals surface area contributed by atoms with E-state index in [4.69, 9.17) is 0 Å². The van der Waals surface area contributed by atoms with Crippen molar-refractivity contribution in [1.82, 2.24) is 4.98 Å². The zero-order valence-corrected chi connectivity index (χ0v) is 11.8. The molecule has 1 saturated carbocycles. The molecule has 2 rings (SSSR count). The Kier molecular flexibility index (Phi) is 3.67. The Balaban J connectivity index is 1.79. The molecule has 0 radical (unpaired) electrons. The van der Waals surface area contributed by atoms with E-state index in [9.17, 15) is 4.79 Å². The first kappa shape index (κ1) is 12.7. The van der Waals surface area contributed by atoms with Gasteiger partial charge in [-0.15, -0.1) is 11.3 Å². The fraction of sp³-hybridized carbons (Fsp3) is 0.714. The van der Waals surface area contributed by atoms with E-state index in [2.05, 4.69) is 31.1 Å². The van der Waals surface area contributed by atoms with E-state index in [-0.39, 0.29) is 5.41 Å². The van der Waals surface area contributed by atoms with Gasteiger partial charge in [-0.2, -0.15) is 0 Å². The van der Waals surface area contributed by atoms with Crippen molar-refractivity contribution in [2.45, 2.75) is 58.3 Å². The molecule has 1 fully saturated rings. The lowest BCUT2D eigenvalue weighted by molar-refractivity contribution is -0.120. The number of rotatable bonds is 5. The number of nitrogens with zero attached hydrogens (tertiary/aromatic N) is 1. The van der Waals surface area contributed by atoms with E-state index < -0.39 is 0 Å². The third-order valence-electron chi connectivity index (χ3n) is 3.17. The number of carbonyl (C=O) groups is 1. The van der Waals surface area contributed by atoms with Crippen LogP contribution in [0.1, 0.15) is 57.2 Å². The lowest BCUT2D eigenvalue weighted by Crippen LogP contribution is -2.11. The van der Waals surface area contributed by atoms with Crippen LogP contribution in [0.3, 0.4) is 0 Å². The summed E-state index contributed by atoms with van der Waals surface area (Å²) in [7, 11) is 0. The number of aromatic nitrogens is 1. The largest absolute Gasteiger partial charge is 0.299 e. The van der Waals surface area contributed by atoms with Gasteiger partial charge in [-0.1, -0.05) is 20.8 Å². The fourth-order valence-corrected chi connectivity index (χ4v) is 2.86. The molecule has 0 spiro atoms. The molecule has 0 saturated heterocycles. The van der Waals surface area contributed by atoms with Crippen LogP contribution in [0.2, 0.25) is 0 Å². The molecule has 94 valence electrons. The summed E-state index contributed by atoms with van der Waals surface area (Å²) >= 11 is 1.73. The third-order valence-corrected chi connectivity index (χ3v) is 4.08. The van der Waals surface area contributed by atoms with Gasteiger partial charge >= 0.3 is 0 Å². The maximum atomic E-state index is 11.5. The molecule has 3 heteroatoms. The summed E-state index contributed by atoms with van der Waals surface area (Å²) in [6, 6.07) is 0. The van der Waals surface area contributed by atoms with Crippen molar-refractivity contribution in [1.29, 1.82) is 0 Å². The normalized spacial score (nSPS) is 16.2. The van der Waals surface area contributed by atoms with Gasteiger partial charge in [-0.3, -0.25) is 4.79 Å². The number of thiazole rings is 1. The molecule has 0 bridgehead atoms. The van der Waals surface area contributed by atoms with Gasteiger partial charge in [0, 0.05) is 23.1 Å². The van der Waals surface area contributed by atoms with Crippen LogP contribution in [0, 0.1) is 5.92 Å². The molecule has 2 nitrogen and oxygen atoms in total. The van der Waals surface area contributed by atoms with E-state index in [1.165, 1.54) is 10.7 Å². The molecule has 0 atom stereocenters. The van der Waals surface area contributed by atoms with Crippen LogP contribution in [0.4, 0.5) is 0 Å². The van der Waals surface area contributed by atoms with E-state index in [0.717, 1.165) is 32.1 Å². The minimum absolute atomic E-state index is 0.137. The van der Waals surface area contributed by atoms with Crippen LogP contribution in [0.25, 0.3) is 0 Å². The fourth-order valence-electron chi connectivity index (χ4n) is 1.79. The number of carbonyl (C=O) groups excluding carboxylic acids is 1. The van der Waals surface area contributed by atoms with Gasteiger partial charge in [0.2, 0.25) is 0 Å². The zero-order valence-electron chi connectivity index (χ0n) is 11.0. The van der Waals surface area contributed by atoms with Crippen molar-refractivity contribution in [2.75, 3.05) is 0 Å². The van der Waals surface area contributed by atoms with Crippen molar-refractivity contribution in [3.05, 3.63) is 16.1 Å². The van der Waals surface area contributed by atoms with Gasteiger partial charge in [0.25, 0.3) is 0 Å². The molecular formula is C14H21NOS. The molecule has 0 aliphatic heterocycles. The topological polar surface area (TPSA) is 30.0 Å². The van der Waals surface area contributed by atoms with Crippen molar-refractivity contribution in [3.8, 4) is 0 Å². The number of aryl methyl sites for hydroxylation is 1. The standard InChI is InChI=1S/C14H21NOS/c1-14(2,3)12-9-17-13(15-12)6-4-5-11(16)10-7-8-10/h9-10H,4-8H2,1-3H3. The van der Waals surface area contributed by atoms with Crippen LogP contribution >= 0.6 is 11.3 Å². The smallest absolute Gasteiger partial charge is 0.135 e. The minimum atomic E-state index is 0.137. The Morgan fingerprint density at radius 1 is 1.47 bits per heavy atom. The molecule has 0 aromatic carbocycles. The summed E-state index contributed by atoms with van der Waals surface area (Å²) in [5.74, 6) is 0.883. The van der Waals surface area contributed by atoms with Gasteiger partial charge in [-0.25, -0.2) is 4.98 Å². The second-order valence-corrected chi connectivity index (χ2v) is 6.91. The molecule has 1 aromatic rings. The number of ketones is 1. The summed E-state index contributed by atoms with van der Waals surface area (Å²) < 4.78 is 0. The highest BCUT2D eigenvalue weighted by molar-refractivity contribution is 7.09. The first-order valence-electron chi connectivity index (χ1n) is 6.44. The van der Waals surface area contributed by atoms with Gasteiger partial charge in [0.1, 0.15) is 5.78 Å². The first-order chi connectivity index (χ1) is 7.97. The van der Waals surface area contributed by atoms with Crippen LogP contribution < -0.4 is 0 Å². The summed E-state index contributed by atoms with van der Waals surface area (Å²) in [6.45, 7) is 6.55. The molecule has 1 aliphatic carbocycles. The average Bonchev–Trinajstić information content (AvgIpc) is 2.97. The average molecular weight is 251 g/mol. The highest BCUT2D eigenvalue weighted by atomic mass is 32.1. The lowest BCUT2D eigenvalue weighted by atomic mass is 9.93. The van der Waals surface area contributed by atoms with Crippen LogP contribution in [0.5, 0.6) is 0 Å². The van der Waals surface area contributed by atoms with Gasteiger partial charge < -0.3 is 0 Å². The molecule has 0 unspecified atom stereocenters. The van der Waals surface area contributed by atoms with E-state index in [1.54, 1.807) is 11.3 Å². The second-order valence-electron chi connectivity index (χ2n) is 5.97. The quantitative estimate of drug-likeness (QED) is 0.798. The molecule has 0 amide bonds. The maximum Gasteiger partial charge on any atom is 0.135 e. The number of hydrogen-bond acceptors (Lipinski definition) is 3. The van der Waals surface area contributed by atoms with Gasteiger partial charge in [-0.05, 0) is 25.7 Å². The summed E-state index contributed by atoms with van der Waals surface area (Å²) in [6.07, 6.45) is 4.93. The summed E-state index contributed by atoms with van der Waals surface area (Å²) in [4.78, 5) is 16.2. The predicted molar refractivity (Wildman–Crippen MR) is 71.5 cm³/mol. The van der Waals surface area contributed by atoms with Gasteiger partial charge in [0.15, 0.2) is 0 Å². The minimum Gasteiger partial charge on any atom is -0.299 e. The molecule has 0 N–H and O–H groups in total. The predicted octanol–water partition coefficient (Wildman–Crippen LogP) is 3.74. The summed E-state index contributed by atoms with van der Waals surface area (Å²) in [5.41, 5.74) is 1.31. The third kappa shape index (κ3) is 3.63. The Morgan fingerprint density at radius 3 is 2.71 bits per heavy atom. The van der Waals surface area contributed by atoms with Crippen molar-refractivity contribution < 1.29 is 4.79 Å². The Hall–Kier alpha value is -0.700. The molecule has 1 heterocycles. The molecular weight excluding hydrogens is 230 g/mol. The van der Waals surface area contributed by atoms with Crippen LogP contribution in [-0.2, 0) is 16.6 Å². The second kappa shape index (κ2) is 4.89. The number of hydrogen-bond donors (Lipinski definition) is 0. The zero-order chi connectivity index (χ0) is 12.5. The Labute approximate surface area is 107 Å². The van der Waals surface area contributed by atoms with Crippen LogP contribution in [-0.4, -0.2) is 10.8 Å². The maximum absolute atomic E-state index is 11.5. The highest BCUT2D eigenvalue weighted by Gasteiger charge is 2.28. The summed E-state index contributed by atoms with van der Waals surface area (Å²) in [5, 5.41) is 3.33. The molecule has 1 aliphatic rings. The van der Waals surface area contributed by atoms with Gasteiger partial charge in [0.05, 0.1) is 10.7 Å². The molecule has 17 heavy (non-hydrogen) atoms. The monoisotopic (exact) mass is 251 g/mol. The Morgan fingerprint density at radius 2 is 2.18 bits per heavy atom. The van der Waals surface area contributed by atoms with Crippen molar-refractivity contribution in [3.63, 3.8) is 0 Å². The lowest BCUT2D eigenvalue weighted by Gasteiger charge is -2.14. The number of Topliss-reactive ketones (excluding diaryl/α,β-unsaturated/α-hetero) is 1. The Bertz CT molecular complexity index is 399. The first-order valence-corrected chi connectivity index (χ1v) is 7.32. The van der Waals surface area contributed by atoms with E-state index >= 15 is 0 Å². The van der Waals surface area contributed by atoms with Crippen molar-refractivity contribution in [2.24, 2.45) is 5.92 Å². The van der Waals surface area contributed by atoms with Crippen molar-refractivity contribution >= 4 is 17.1 Å². The van der Waals surface area contributed by atoms with Crippen LogP contribution in [0.15, 0.2) is 5.38 Å². The molecule has 1 aromatic heterocycles. The SMILES string of the molecule is CC(C)(C)c1csc(CCCC(=O)C2CC2)n1.